The van der Waals surface area contributed by atoms with Crippen LogP contribution in [-0.2, 0) is 11.3 Å². The predicted octanol–water partition coefficient (Wildman–Crippen LogP) is 1.28. The summed E-state index contributed by atoms with van der Waals surface area (Å²) in [6.07, 6.45) is 0. The lowest BCUT2D eigenvalue weighted by atomic mass is 10.1. The molecule has 1 aliphatic heterocycles. The predicted molar refractivity (Wildman–Crippen MR) is 69.7 cm³/mol. The maximum Gasteiger partial charge on any atom is 0.123 e. The van der Waals surface area contributed by atoms with Crippen molar-refractivity contribution in [3.8, 4) is 5.75 Å². The molecule has 0 bridgehead atoms. The average molecular weight is 251 g/mol. The lowest BCUT2D eigenvalue weighted by Crippen LogP contribution is -2.46. The fraction of sp³-hybridized carbons (Fsp3) is 0.571. The summed E-state index contributed by atoms with van der Waals surface area (Å²) in [7, 11) is 0. The Balaban J connectivity index is 2.07. The van der Waals surface area contributed by atoms with Gasteiger partial charge in [0, 0.05) is 18.7 Å². The average Bonchev–Trinajstić information content (AvgIpc) is 2.42. The van der Waals surface area contributed by atoms with E-state index in [1.165, 1.54) is 5.56 Å². The summed E-state index contributed by atoms with van der Waals surface area (Å²) in [5, 5.41) is 9.36. The van der Waals surface area contributed by atoms with E-state index in [4.69, 9.17) is 9.47 Å². The molecule has 4 heteroatoms. The molecule has 1 heterocycles. The van der Waals surface area contributed by atoms with E-state index in [2.05, 4.69) is 11.0 Å². The number of benzene rings is 1. The van der Waals surface area contributed by atoms with E-state index in [-0.39, 0.29) is 12.6 Å². The van der Waals surface area contributed by atoms with Crippen LogP contribution < -0.4 is 4.74 Å². The molecule has 1 fully saturated rings. The molecule has 100 valence electrons. The Kier molecular flexibility index (Phi) is 4.99. The van der Waals surface area contributed by atoms with Crippen LogP contribution in [0, 0.1) is 0 Å². The number of para-hydroxylation sites is 1. The van der Waals surface area contributed by atoms with Crippen LogP contribution in [0.4, 0.5) is 0 Å². The summed E-state index contributed by atoms with van der Waals surface area (Å²) < 4.78 is 11.0. The summed E-state index contributed by atoms with van der Waals surface area (Å²) in [5.74, 6) is 0.934. The molecule has 4 nitrogen and oxygen atoms in total. The number of ether oxygens (including phenoxy) is 2. The van der Waals surface area contributed by atoms with Gasteiger partial charge in [0.25, 0.3) is 0 Å². The number of rotatable bonds is 5. The van der Waals surface area contributed by atoms with E-state index in [1.54, 1.807) is 0 Å². The summed E-state index contributed by atoms with van der Waals surface area (Å²) >= 11 is 0. The molecule has 1 N–H and O–H groups in total. The highest BCUT2D eigenvalue weighted by atomic mass is 16.5. The molecule has 1 unspecified atom stereocenters. The van der Waals surface area contributed by atoms with Gasteiger partial charge >= 0.3 is 0 Å². The molecule has 0 aliphatic carbocycles. The third-order valence-electron chi connectivity index (χ3n) is 3.21. The van der Waals surface area contributed by atoms with Gasteiger partial charge < -0.3 is 14.6 Å². The van der Waals surface area contributed by atoms with E-state index >= 15 is 0 Å². The van der Waals surface area contributed by atoms with Crippen LogP contribution in [0.3, 0.4) is 0 Å². The second-order valence-corrected chi connectivity index (χ2v) is 4.42. The van der Waals surface area contributed by atoms with E-state index < -0.39 is 0 Å². The lowest BCUT2D eigenvalue weighted by Gasteiger charge is -2.34. The zero-order valence-electron chi connectivity index (χ0n) is 10.8. The Morgan fingerprint density at radius 2 is 2.28 bits per heavy atom. The maximum atomic E-state index is 9.36. The minimum Gasteiger partial charge on any atom is -0.494 e. The second kappa shape index (κ2) is 6.73. The number of aliphatic hydroxyl groups excluding tert-OH is 1. The quantitative estimate of drug-likeness (QED) is 0.856. The van der Waals surface area contributed by atoms with Gasteiger partial charge in [0.05, 0.1) is 32.5 Å². The first kappa shape index (κ1) is 13.3. The third kappa shape index (κ3) is 3.22. The molecule has 1 aromatic rings. The molecule has 1 atom stereocenters. The van der Waals surface area contributed by atoms with Crippen molar-refractivity contribution in [1.82, 2.24) is 4.90 Å². The van der Waals surface area contributed by atoms with Gasteiger partial charge in [-0.05, 0) is 13.0 Å². The SMILES string of the molecule is CCOc1ccccc1CN1CCOCC1CO. The standard InChI is InChI=1S/C14H21NO3/c1-2-18-14-6-4-3-5-12(14)9-15-7-8-17-11-13(15)10-16/h3-6,13,16H,2,7-11H2,1H3. The van der Waals surface area contributed by atoms with Crippen LogP contribution in [-0.4, -0.2) is 49.0 Å². The van der Waals surface area contributed by atoms with Gasteiger partial charge in [-0.2, -0.15) is 0 Å². The van der Waals surface area contributed by atoms with Crippen molar-refractivity contribution < 1.29 is 14.6 Å². The summed E-state index contributed by atoms with van der Waals surface area (Å²) in [6, 6.07) is 8.17. The topological polar surface area (TPSA) is 41.9 Å². The smallest absolute Gasteiger partial charge is 0.123 e. The van der Waals surface area contributed by atoms with Crippen molar-refractivity contribution in [2.75, 3.05) is 33.0 Å². The molecule has 1 aliphatic rings. The third-order valence-corrected chi connectivity index (χ3v) is 3.21. The summed E-state index contributed by atoms with van der Waals surface area (Å²) in [5.41, 5.74) is 1.17. The highest BCUT2D eigenvalue weighted by Crippen LogP contribution is 2.21. The number of hydrogen-bond acceptors (Lipinski definition) is 4. The van der Waals surface area contributed by atoms with Crippen LogP contribution in [0.25, 0.3) is 0 Å². The van der Waals surface area contributed by atoms with Crippen LogP contribution in [0.15, 0.2) is 24.3 Å². The zero-order valence-corrected chi connectivity index (χ0v) is 10.8. The van der Waals surface area contributed by atoms with Crippen molar-refractivity contribution in [2.24, 2.45) is 0 Å². The molecule has 0 aromatic heterocycles. The van der Waals surface area contributed by atoms with Crippen molar-refractivity contribution >= 4 is 0 Å². The summed E-state index contributed by atoms with van der Waals surface area (Å²) in [6.45, 7) is 5.78. The lowest BCUT2D eigenvalue weighted by molar-refractivity contribution is -0.0315. The molecule has 0 saturated carbocycles. The number of hydrogen-bond donors (Lipinski definition) is 1. The highest BCUT2D eigenvalue weighted by Gasteiger charge is 2.23. The molecule has 0 amide bonds. The van der Waals surface area contributed by atoms with E-state index in [0.29, 0.717) is 13.2 Å². The molecular weight excluding hydrogens is 230 g/mol. The van der Waals surface area contributed by atoms with Gasteiger partial charge in [-0.15, -0.1) is 0 Å². The fourth-order valence-corrected chi connectivity index (χ4v) is 2.22. The Morgan fingerprint density at radius 3 is 3.06 bits per heavy atom. The molecular formula is C14H21NO3. The Morgan fingerprint density at radius 1 is 1.44 bits per heavy atom. The minimum absolute atomic E-state index is 0.0911. The van der Waals surface area contributed by atoms with Gasteiger partial charge in [-0.25, -0.2) is 0 Å². The molecule has 2 rings (SSSR count). The van der Waals surface area contributed by atoms with E-state index in [1.807, 2.05) is 25.1 Å². The van der Waals surface area contributed by atoms with Gasteiger partial charge in [-0.3, -0.25) is 4.90 Å². The molecule has 18 heavy (non-hydrogen) atoms. The number of nitrogens with zero attached hydrogens (tertiary/aromatic N) is 1. The molecule has 0 radical (unpaired) electrons. The highest BCUT2D eigenvalue weighted by molar-refractivity contribution is 5.33. The van der Waals surface area contributed by atoms with Gasteiger partial charge in [0.15, 0.2) is 0 Å². The van der Waals surface area contributed by atoms with Crippen molar-refractivity contribution in [3.63, 3.8) is 0 Å². The second-order valence-electron chi connectivity index (χ2n) is 4.42. The van der Waals surface area contributed by atoms with E-state index in [0.717, 1.165) is 25.4 Å². The van der Waals surface area contributed by atoms with Crippen LogP contribution >= 0.6 is 0 Å². The Labute approximate surface area is 108 Å². The number of morpholine rings is 1. The monoisotopic (exact) mass is 251 g/mol. The van der Waals surface area contributed by atoms with Crippen LogP contribution in [0.1, 0.15) is 12.5 Å². The van der Waals surface area contributed by atoms with Crippen molar-refractivity contribution in [1.29, 1.82) is 0 Å². The van der Waals surface area contributed by atoms with Crippen molar-refractivity contribution in [3.05, 3.63) is 29.8 Å². The van der Waals surface area contributed by atoms with E-state index in [9.17, 15) is 5.11 Å². The normalized spacial score (nSPS) is 20.9. The molecule has 1 aromatic carbocycles. The molecule has 1 saturated heterocycles. The first-order valence-electron chi connectivity index (χ1n) is 6.48. The fourth-order valence-electron chi connectivity index (χ4n) is 2.22. The van der Waals surface area contributed by atoms with Gasteiger partial charge in [-0.1, -0.05) is 18.2 Å². The summed E-state index contributed by atoms with van der Waals surface area (Å²) in [4.78, 5) is 2.25. The molecule has 0 spiro atoms. The first-order chi connectivity index (χ1) is 8.85. The zero-order chi connectivity index (χ0) is 12.8. The van der Waals surface area contributed by atoms with Gasteiger partial charge in [0.1, 0.15) is 5.75 Å². The van der Waals surface area contributed by atoms with Crippen molar-refractivity contribution in [2.45, 2.75) is 19.5 Å². The minimum atomic E-state index is 0.0911. The largest absolute Gasteiger partial charge is 0.494 e. The first-order valence-corrected chi connectivity index (χ1v) is 6.48. The Bertz CT molecular complexity index is 370. The maximum absolute atomic E-state index is 9.36. The number of aliphatic hydroxyl groups is 1. The van der Waals surface area contributed by atoms with Gasteiger partial charge in [0.2, 0.25) is 0 Å². The van der Waals surface area contributed by atoms with Crippen LogP contribution in [0.2, 0.25) is 0 Å². The van der Waals surface area contributed by atoms with Crippen LogP contribution in [0.5, 0.6) is 5.75 Å². The Hall–Kier alpha value is -1.10.